The van der Waals surface area contributed by atoms with Crippen LogP contribution in [0.4, 0.5) is 5.69 Å². The minimum Gasteiger partial charge on any atom is -0.495 e. The molecule has 1 aromatic rings. The first-order valence-electron chi connectivity index (χ1n) is 6.93. The summed E-state index contributed by atoms with van der Waals surface area (Å²) in [7, 11) is 1.75. The second-order valence-electron chi connectivity index (χ2n) is 5.49. The van der Waals surface area contributed by atoms with Crippen molar-refractivity contribution in [3.05, 3.63) is 23.8 Å². The molecular weight excluding hydrogens is 224 g/mol. The second kappa shape index (κ2) is 4.81. The van der Waals surface area contributed by atoms with Crippen LogP contribution in [0.3, 0.4) is 0 Å². The van der Waals surface area contributed by atoms with Gasteiger partial charge in [0.15, 0.2) is 0 Å². The van der Waals surface area contributed by atoms with Crippen LogP contribution < -0.4 is 10.1 Å². The van der Waals surface area contributed by atoms with E-state index in [2.05, 4.69) is 35.3 Å². The van der Waals surface area contributed by atoms with Gasteiger partial charge in [-0.25, -0.2) is 0 Å². The number of aryl methyl sites for hydroxylation is 1. The zero-order valence-electron chi connectivity index (χ0n) is 11.3. The highest BCUT2D eigenvalue weighted by Gasteiger charge is 2.37. The highest BCUT2D eigenvalue weighted by atomic mass is 16.5. The number of anilines is 1. The molecule has 2 fully saturated rings. The van der Waals surface area contributed by atoms with Crippen molar-refractivity contribution in [1.29, 1.82) is 0 Å². The number of rotatable bonds is 3. The summed E-state index contributed by atoms with van der Waals surface area (Å²) in [6, 6.07) is 7.71. The van der Waals surface area contributed by atoms with Crippen molar-refractivity contribution in [2.75, 3.05) is 25.5 Å². The summed E-state index contributed by atoms with van der Waals surface area (Å²) in [5, 5.41) is 3.69. The van der Waals surface area contributed by atoms with Gasteiger partial charge in [-0.2, -0.15) is 0 Å². The van der Waals surface area contributed by atoms with Crippen LogP contribution in [0.1, 0.15) is 24.8 Å². The lowest BCUT2D eigenvalue weighted by molar-refractivity contribution is 0.318. The van der Waals surface area contributed by atoms with Gasteiger partial charge in [-0.15, -0.1) is 0 Å². The maximum Gasteiger partial charge on any atom is 0.142 e. The van der Waals surface area contributed by atoms with E-state index in [1.807, 2.05) is 0 Å². The summed E-state index contributed by atoms with van der Waals surface area (Å²) in [5.41, 5.74) is 2.38. The first-order valence-corrected chi connectivity index (χ1v) is 6.93. The molecule has 0 saturated carbocycles. The van der Waals surface area contributed by atoms with E-state index in [9.17, 15) is 0 Å². The highest BCUT2D eigenvalue weighted by molar-refractivity contribution is 5.58. The number of fused-ring (bicyclic) bond motifs is 1. The van der Waals surface area contributed by atoms with Gasteiger partial charge < -0.3 is 10.1 Å². The topological polar surface area (TPSA) is 24.5 Å². The van der Waals surface area contributed by atoms with Gasteiger partial charge in [0, 0.05) is 18.6 Å². The molecule has 0 radical (unpaired) electrons. The summed E-state index contributed by atoms with van der Waals surface area (Å²) in [4.78, 5) is 2.62. The average molecular weight is 246 g/mol. The van der Waals surface area contributed by atoms with E-state index in [0.717, 1.165) is 17.5 Å². The molecular formula is C15H22N2O. The SMILES string of the molecule is COc1cc(C)ccc1NC1CCN2CCCC12. The van der Waals surface area contributed by atoms with Crippen LogP contribution in [0, 0.1) is 6.92 Å². The summed E-state index contributed by atoms with van der Waals surface area (Å²) in [6.45, 7) is 4.63. The third-order valence-corrected chi connectivity index (χ3v) is 4.30. The van der Waals surface area contributed by atoms with Gasteiger partial charge in [-0.05, 0) is 50.4 Å². The molecule has 2 unspecified atom stereocenters. The number of ether oxygens (including phenoxy) is 1. The van der Waals surface area contributed by atoms with Crippen molar-refractivity contribution in [3.8, 4) is 5.75 Å². The van der Waals surface area contributed by atoms with E-state index in [4.69, 9.17) is 4.74 Å². The lowest BCUT2D eigenvalue weighted by Gasteiger charge is -2.23. The molecule has 1 N–H and O–H groups in total. The molecule has 3 heteroatoms. The number of methoxy groups -OCH3 is 1. The fourth-order valence-electron chi connectivity index (χ4n) is 3.37. The normalized spacial score (nSPS) is 27.2. The Morgan fingerprint density at radius 3 is 3.00 bits per heavy atom. The van der Waals surface area contributed by atoms with Crippen molar-refractivity contribution < 1.29 is 4.74 Å². The Bertz CT molecular complexity index is 433. The Kier molecular flexibility index (Phi) is 3.16. The van der Waals surface area contributed by atoms with Gasteiger partial charge in [0.25, 0.3) is 0 Å². The van der Waals surface area contributed by atoms with Gasteiger partial charge in [-0.3, -0.25) is 4.90 Å². The van der Waals surface area contributed by atoms with Gasteiger partial charge >= 0.3 is 0 Å². The largest absolute Gasteiger partial charge is 0.495 e. The minimum absolute atomic E-state index is 0.587. The predicted octanol–water partition coefficient (Wildman–Crippen LogP) is 2.65. The van der Waals surface area contributed by atoms with E-state index in [1.165, 1.54) is 37.9 Å². The average Bonchev–Trinajstić information content (AvgIpc) is 2.96. The van der Waals surface area contributed by atoms with Crippen LogP contribution >= 0.6 is 0 Å². The Morgan fingerprint density at radius 2 is 2.17 bits per heavy atom. The van der Waals surface area contributed by atoms with Crippen LogP contribution in [0.25, 0.3) is 0 Å². The molecule has 0 amide bonds. The number of hydrogen-bond acceptors (Lipinski definition) is 3. The van der Waals surface area contributed by atoms with Crippen molar-refractivity contribution >= 4 is 5.69 Å². The van der Waals surface area contributed by atoms with Crippen molar-refractivity contribution in [3.63, 3.8) is 0 Å². The standard InChI is InChI=1S/C15H22N2O/c1-11-5-6-13(15(10-11)18-2)16-12-7-9-17-8-3-4-14(12)17/h5-6,10,12,14,16H,3-4,7-9H2,1-2H3. The number of hydrogen-bond donors (Lipinski definition) is 1. The summed E-state index contributed by atoms with van der Waals surface area (Å²) in [5.74, 6) is 0.964. The lowest BCUT2D eigenvalue weighted by Crippen LogP contribution is -2.33. The summed E-state index contributed by atoms with van der Waals surface area (Å²) >= 11 is 0. The zero-order chi connectivity index (χ0) is 12.5. The van der Waals surface area contributed by atoms with E-state index in [1.54, 1.807) is 7.11 Å². The number of nitrogens with zero attached hydrogens (tertiary/aromatic N) is 1. The molecule has 2 aliphatic rings. The van der Waals surface area contributed by atoms with Crippen molar-refractivity contribution in [2.45, 2.75) is 38.3 Å². The zero-order valence-corrected chi connectivity index (χ0v) is 11.3. The quantitative estimate of drug-likeness (QED) is 0.887. The Balaban J connectivity index is 1.76. The third kappa shape index (κ3) is 2.07. The first kappa shape index (κ1) is 11.8. The monoisotopic (exact) mass is 246 g/mol. The Morgan fingerprint density at radius 1 is 1.28 bits per heavy atom. The lowest BCUT2D eigenvalue weighted by atomic mass is 10.1. The summed E-state index contributed by atoms with van der Waals surface area (Å²) in [6.07, 6.45) is 3.95. The van der Waals surface area contributed by atoms with Crippen LogP contribution in [0.15, 0.2) is 18.2 Å². The van der Waals surface area contributed by atoms with Crippen LogP contribution in [0.2, 0.25) is 0 Å². The van der Waals surface area contributed by atoms with Crippen molar-refractivity contribution in [1.82, 2.24) is 4.90 Å². The molecule has 2 aliphatic heterocycles. The molecule has 0 aromatic heterocycles. The van der Waals surface area contributed by atoms with Gasteiger partial charge in [-0.1, -0.05) is 6.07 Å². The molecule has 2 heterocycles. The van der Waals surface area contributed by atoms with Crippen LogP contribution in [-0.2, 0) is 0 Å². The molecule has 2 atom stereocenters. The first-order chi connectivity index (χ1) is 8.78. The summed E-state index contributed by atoms with van der Waals surface area (Å²) < 4.78 is 5.47. The molecule has 1 aromatic carbocycles. The third-order valence-electron chi connectivity index (χ3n) is 4.30. The maximum absolute atomic E-state index is 5.47. The van der Waals surface area contributed by atoms with E-state index < -0.39 is 0 Å². The van der Waals surface area contributed by atoms with E-state index >= 15 is 0 Å². The molecule has 3 rings (SSSR count). The number of benzene rings is 1. The fourth-order valence-corrected chi connectivity index (χ4v) is 3.37. The molecule has 0 spiro atoms. The minimum atomic E-state index is 0.587. The fraction of sp³-hybridized carbons (Fsp3) is 0.600. The van der Waals surface area contributed by atoms with Gasteiger partial charge in [0.2, 0.25) is 0 Å². The number of nitrogens with one attached hydrogen (secondary N) is 1. The Hall–Kier alpha value is -1.22. The second-order valence-corrected chi connectivity index (χ2v) is 5.49. The Labute approximate surface area is 109 Å². The predicted molar refractivity (Wildman–Crippen MR) is 74.4 cm³/mol. The van der Waals surface area contributed by atoms with E-state index in [0.29, 0.717) is 6.04 Å². The molecule has 98 valence electrons. The van der Waals surface area contributed by atoms with Gasteiger partial charge in [0.05, 0.1) is 12.8 Å². The van der Waals surface area contributed by atoms with E-state index in [-0.39, 0.29) is 0 Å². The molecule has 2 saturated heterocycles. The van der Waals surface area contributed by atoms with Gasteiger partial charge in [0.1, 0.15) is 5.75 Å². The van der Waals surface area contributed by atoms with Crippen molar-refractivity contribution in [2.24, 2.45) is 0 Å². The highest BCUT2D eigenvalue weighted by Crippen LogP contribution is 2.33. The van der Waals surface area contributed by atoms with Crippen LogP contribution in [0.5, 0.6) is 5.75 Å². The molecule has 0 aliphatic carbocycles. The molecule has 0 bridgehead atoms. The smallest absolute Gasteiger partial charge is 0.142 e. The molecule has 3 nitrogen and oxygen atoms in total. The molecule has 18 heavy (non-hydrogen) atoms. The van der Waals surface area contributed by atoms with Crippen LogP contribution in [-0.4, -0.2) is 37.2 Å². The maximum atomic E-state index is 5.47.